The molecule has 128 valence electrons. The Hall–Kier alpha value is -1.99. The molecule has 1 unspecified atom stereocenters. The van der Waals surface area contributed by atoms with Gasteiger partial charge in [0.15, 0.2) is 0 Å². The summed E-state index contributed by atoms with van der Waals surface area (Å²) < 4.78 is 40.1. The Bertz CT molecular complexity index is 736. The molecule has 9 heteroatoms. The lowest BCUT2D eigenvalue weighted by Gasteiger charge is -2.15. The number of amides is 1. The van der Waals surface area contributed by atoms with Gasteiger partial charge in [0.25, 0.3) is 5.91 Å². The van der Waals surface area contributed by atoms with Crippen LogP contribution in [0.1, 0.15) is 29.0 Å². The number of halogens is 5. The fraction of sp³-hybridized carbons (Fsp3) is 0.200. The molecule has 1 aromatic heterocycles. The maximum absolute atomic E-state index is 12.2. The smallest absolute Gasteiger partial charge is 0.406 e. The molecule has 0 aliphatic carbocycles. The number of benzene rings is 1. The van der Waals surface area contributed by atoms with Gasteiger partial charge in [0.2, 0.25) is 0 Å². The van der Waals surface area contributed by atoms with Gasteiger partial charge in [0.05, 0.1) is 11.1 Å². The maximum Gasteiger partial charge on any atom is 0.573 e. The van der Waals surface area contributed by atoms with Crippen LogP contribution in [0, 0.1) is 0 Å². The molecule has 1 amide bonds. The molecule has 0 fully saturated rings. The van der Waals surface area contributed by atoms with Crippen LogP contribution in [0.5, 0.6) is 5.75 Å². The summed E-state index contributed by atoms with van der Waals surface area (Å²) in [5, 5.41) is 2.89. The van der Waals surface area contributed by atoms with Crippen molar-refractivity contribution in [2.75, 3.05) is 0 Å². The normalized spacial score (nSPS) is 12.6. The molecule has 0 aliphatic rings. The minimum Gasteiger partial charge on any atom is -0.406 e. The number of pyridine rings is 1. The zero-order chi connectivity index (χ0) is 17.9. The first kappa shape index (κ1) is 18.4. The van der Waals surface area contributed by atoms with Crippen molar-refractivity contribution in [2.24, 2.45) is 0 Å². The Balaban J connectivity index is 2.08. The van der Waals surface area contributed by atoms with Crippen LogP contribution in [0.15, 0.2) is 36.4 Å². The molecule has 1 aromatic carbocycles. The minimum atomic E-state index is -4.75. The summed E-state index contributed by atoms with van der Waals surface area (Å²) in [5.74, 6) is -0.894. The number of rotatable bonds is 4. The first-order valence-corrected chi connectivity index (χ1v) is 7.40. The van der Waals surface area contributed by atoms with E-state index in [0.717, 1.165) is 12.1 Å². The molecule has 0 bridgehead atoms. The number of nitrogens with zero attached hydrogens (tertiary/aromatic N) is 1. The molecule has 0 aliphatic heterocycles. The Labute approximate surface area is 145 Å². The van der Waals surface area contributed by atoms with Gasteiger partial charge in [-0.25, -0.2) is 4.98 Å². The molecule has 0 saturated heterocycles. The third kappa shape index (κ3) is 5.01. The van der Waals surface area contributed by atoms with E-state index in [-0.39, 0.29) is 21.6 Å². The molecule has 0 radical (unpaired) electrons. The van der Waals surface area contributed by atoms with E-state index >= 15 is 0 Å². The second kappa shape index (κ2) is 7.27. The molecule has 24 heavy (non-hydrogen) atoms. The number of ether oxygens (including phenoxy) is 1. The highest BCUT2D eigenvalue weighted by molar-refractivity contribution is 6.34. The van der Waals surface area contributed by atoms with E-state index < -0.39 is 18.3 Å². The van der Waals surface area contributed by atoms with Crippen molar-refractivity contribution in [2.45, 2.75) is 19.3 Å². The van der Waals surface area contributed by atoms with Gasteiger partial charge in [0.1, 0.15) is 16.6 Å². The molecule has 0 saturated carbocycles. The van der Waals surface area contributed by atoms with E-state index in [2.05, 4.69) is 15.0 Å². The summed E-state index contributed by atoms with van der Waals surface area (Å²) >= 11 is 11.6. The number of carbonyl (C=O) groups is 1. The van der Waals surface area contributed by atoms with Gasteiger partial charge in [-0.2, -0.15) is 0 Å². The van der Waals surface area contributed by atoms with Gasteiger partial charge in [-0.05, 0) is 36.8 Å². The highest BCUT2D eigenvalue weighted by Crippen LogP contribution is 2.25. The highest BCUT2D eigenvalue weighted by Gasteiger charge is 2.31. The van der Waals surface area contributed by atoms with Crippen molar-refractivity contribution in [3.05, 3.63) is 57.8 Å². The fourth-order valence-corrected chi connectivity index (χ4v) is 2.22. The first-order chi connectivity index (χ1) is 11.2. The molecule has 1 N–H and O–H groups in total. The molecule has 2 rings (SSSR count). The molecular weight excluding hydrogens is 368 g/mol. The molecule has 0 spiro atoms. The van der Waals surface area contributed by atoms with E-state index in [1.165, 1.54) is 24.3 Å². The Morgan fingerprint density at radius 1 is 1.17 bits per heavy atom. The predicted molar refractivity (Wildman–Crippen MR) is 83.3 cm³/mol. The lowest BCUT2D eigenvalue weighted by atomic mass is 10.1. The van der Waals surface area contributed by atoms with E-state index in [9.17, 15) is 18.0 Å². The highest BCUT2D eigenvalue weighted by atomic mass is 35.5. The first-order valence-electron chi connectivity index (χ1n) is 6.64. The van der Waals surface area contributed by atoms with Gasteiger partial charge in [0, 0.05) is 0 Å². The van der Waals surface area contributed by atoms with Crippen LogP contribution in [0.3, 0.4) is 0 Å². The third-order valence-electron chi connectivity index (χ3n) is 2.99. The number of nitrogens with one attached hydrogen (secondary N) is 1. The van der Waals surface area contributed by atoms with Crippen LogP contribution in [0.2, 0.25) is 10.2 Å². The van der Waals surface area contributed by atoms with Gasteiger partial charge < -0.3 is 10.1 Å². The number of hydrogen-bond donors (Lipinski definition) is 1. The second-order valence-electron chi connectivity index (χ2n) is 4.78. The average molecular weight is 379 g/mol. The topological polar surface area (TPSA) is 51.2 Å². The maximum atomic E-state index is 12.2. The number of hydrogen-bond acceptors (Lipinski definition) is 3. The van der Waals surface area contributed by atoms with Crippen LogP contribution in [0.25, 0.3) is 0 Å². The molecule has 4 nitrogen and oxygen atoms in total. The van der Waals surface area contributed by atoms with Gasteiger partial charge in [-0.15, -0.1) is 13.2 Å². The summed E-state index contributed by atoms with van der Waals surface area (Å²) in [4.78, 5) is 16.0. The Morgan fingerprint density at radius 2 is 1.79 bits per heavy atom. The van der Waals surface area contributed by atoms with Crippen molar-refractivity contribution in [3.63, 3.8) is 0 Å². The number of aromatic nitrogens is 1. The van der Waals surface area contributed by atoms with Crippen molar-refractivity contribution < 1.29 is 22.7 Å². The van der Waals surface area contributed by atoms with E-state index in [1.54, 1.807) is 6.92 Å². The summed E-state index contributed by atoms with van der Waals surface area (Å²) in [7, 11) is 0. The van der Waals surface area contributed by atoms with Gasteiger partial charge in [-0.1, -0.05) is 35.3 Å². The van der Waals surface area contributed by atoms with Crippen LogP contribution in [0.4, 0.5) is 13.2 Å². The molecule has 1 atom stereocenters. The Morgan fingerprint density at radius 3 is 2.38 bits per heavy atom. The van der Waals surface area contributed by atoms with Crippen molar-refractivity contribution in [3.8, 4) is 5.75 Å². The third-order valence-corrected chi connectivity index (χ3v) is 3.50. The summed E-state index contributed by atoms with van der Waals surface area (Å²) in [6.07, 6.45) is -4.75. The van der Waals surface area contributed by atoms with E-state index in [1.807, 2.05) is 0 Å². The molecule has 2 aromatic rings. The monoisotopic (exact) mass is 378 g/mol. The lowest BCUT2D eigenvalue weighted by Crippen LogP contribution is -2.27. The van der Waals surface area contributed by atoms with Crippen LogP contribution >= 0.6 is 23.2 Å². The standard InChI is InChI=1S/C15H11Cl2F3N2O2/c1-8(9-2-4-10(5-3-9)24-15(18,19)20)21-14(23)13-11(16)6-7-12(17)22-13/h2-8H,1H3,(H,21,23). The number of carbonyl (C=O) groups excluding carboxylic acids is 1. The minimum absolute atomic E-state index is 0.0342. The molecular formula is C15H11Cl2F3N2O2. The summed E-state index contributed by atoms with van der Waals surface area (Å²) in [6, 6.07) is 7.56. The second-order valence-corrected chi connectivity index (χ2v) is 5.57. The predicted octanol–water partition coefficient (Wildman–Crippen LogP) is 4.78. The van der Waals surface area contributed by atoms with E-state index in [4.69, 9.17) is 23.2 Å². The van der Waals surface area contributed by atoms with Crippen LogP contribution < -0.4 is 10.1 Å². The van der Waals surface area contributed by atoms with Crippen molar-refractivity contribution >= 4 is 29.1 Å². The Kier molecular flexibility index (Phi) is 5.56. The largest absolute Gasteiger partial charge is 0.573 e. The van der Waals surface area contributed by atoms with Crippen molar-refractivity contribution in [1.82, 2.24) is 10.3 Å². The van der Waals surface area contributed by atoms with Crippen LogP contribution in [-0.2, 0) is 0 Å². The summed E-state index contributed by atoms with van der Waals surface area (Å²) in [5.41, 5.74) is 0.545. The molecule has 1 heterocycles. The number of alkyl halides is 3. The van der Waals surface area contributed by atoms with Crippen molar-refractivity contribution in [1.29, 1.82) is 0 Å². The SMILES string of the molecule is CC(NC(=O)c1nc(Cl)ccc1Cl)c1ccc(OC(F)(F)F)cc1. The summed E-state index contributed by atoms with van der Waals surface area (Å²) in [6.45, 7) is 1.66. The lowest BCUT2D eigenvalue weighted by molar-refractivity contribution is -0.274. The average Bonchev–Trinajstić information content (AvgIpc) is 2.48. The zero-order valence-corrected chi connectivity index (χ0v) is 13.7. The fourth-order valence-electron chi connectivity index (χ4n) is 1.88. The zero-order valence-electron chi connectivity index (χ0n) is 12.2. The quantitative estimate of drug-likeness (QED) is 0.779. The van der Waals surface area contributed by atoms with E-state index in [0.29, 0.717) is 5.56 Å². The van der Waals surface area contributed by atoms with Gasteiger partial charge in [-0.3, -0.25) is 4.79 Å². The van der Waals surface area contributed by atoms with Crippen LogP contribution in [-0.4, -0.2) is 17.3 Å². The van der Waals surface area contributed by atoms with Gasteiger partial charge >= 0.3 is 6.36 Å².